The zero-order valence-corrected chi connectivity index (χ0v) is 18.4. The second-order valence-electron chi connectivity index (χ2n) is 9.53. The number of quaternary nitrogens is 2. The molecule has 0 saturated carbocycles. The standard InChI is InChI=1S/C23H30N4O5/c24-22(30)23(26-8-2-1-3-9-26)6-10-25(11-7-23)17-13-20(28)27(21(17)29)14-16-4-5-18-19(12-16)32-15-31-18/h4-5,12,17H,1-3,6-11,13-15H2,(H2,24,30)/p+2. The third-order valence-electron chi connectivity index (χ3n) is 7.87. The van der Waals surface area contributed by atoms with Crippen molar-refractivity contribution < 1.29 is 33.7 Å². The third kappa shape index (κ3) is 3.63. The number of amides is 3. The maximum atomic E-state index is 13.2. The van der Waals surface area contributed by atoms with Crippen LogP contribution in [0.15, 0.2) is 18.2 Å². The Morgan fingerprint density at radius 3 is 2.50 bits per heavy atom. The van der Waals surface area contributed by atoms with Crippen molar-refractivity contribution >= 4 is 17.7 Å². The molecule has 3 amide bonds. The van der Waals surface area contributed by atoms with Crippen LogP contribution in [0.1, 0.15) is 44.1 Å². The van der Waals surface area contributed by atoms with E-state index >= 15 is 0 Å². The van der Waals surface area contributed by atoms with Gasteiger partial charge in [-0.2, -0.15) is 0 Å². The summed E-state index contributed by atoms with van der Waals surface area (Å²) in [5.41, 5.74) is 6.22. The molecule has 9 heteroatoms. The number of likely N-dealkylation sites (tertiary alicyclic amines) is 3. The topological polar surface area (TPSA) is 108 Å². The summed E-state index contributed by atoms with van der Waals surface area (Å²) >= 11 is 0. The Morgan fingerprint density at radius 2 is 1.78 bits per heavy atom. The van der Waals surface area contributed by atoms with Crippen LogP contribution in [0.4, 0.5) is 0 Å². The molecule has 32 heavy (non-hydrogen) atoms. The molecule has 4 N–H and O–H groups in total. The van der Waals surface area contributed by atoms with E-state index in [1.54, 1.807) is 0 Å². The van der Waals surface area contributed by atoms with Gasteiger partial charge in [0.1, 0.15) is 0 Å². The molecular formula is C23H32N4O5+2. The Hall–Kier alpha value is -2.65. The van der Waals surface area contributed by atoms with Crippen LogP contribution in [0.2, 0.25) is 0 Å². The average Bonchev–Trinajstić information content (AvgIpc) is 3.39. The van der Waals surface area contributed by atoms with E-state index in [9.17, 15) is 14.4 Å². The van der Waals surface area contributed by atoms with E-state index in [2.05, 4.69) is 0 Å². The van der Waals surface area contributed by atoms with Gasteiger partial charge >= 0.3 is 0 Å². The molecule has 4 aliphatic rings. The lowest BCUT2D eigenvalue weighted by Crippen LogP contribution is -3.27. The molecule has 4 aliphatic heterocycles. The lowest BCUT2D eigenvalue weighted by Gasteiger charge is -2.44. The maximum Gasteiger partial charge on any atom is 0.288 e. The van der Waals surface area contributed by atoms with Crippen LogP contribution in [0.5, 0.6) is 11.5 Å². The van der Waals surface area contributed by atoms with Crippen LogP contribution in [0.3, 0.4) is 0 Å². The van der Waals surface area contributed by atoms with Gasteiger partial charge in [0.25, 0.3) is 11.8 Å². The molecule has 5 rings (SSSR count). The number of fused-ring (bicyclic) bond motifs is 1. The number of rotatable bonds is 5. The second kappa shape index (κ2) is 8.37. The molecule has 3 fully saturated rings. The normalized spacial score (nSPS) is 30.7. The minimum absolute atomic E-state index is 0.125. The highest BCUT2D eigenvalue weighted by molar-refractivity contribution is 6.04. The minimum Gasteiger partial charge on any atom is -0.454 e. The first-order chi connectivity index (χ1) is 15.5. The smallest absolute Gasteiger partial charge is 0.288 e. The summed E-state index contributed by atoms with van der Waals surface area (Å²) < 4.78 is 10.7. The monoisotopic (exact) mass is 444 g/mol. The van der Waals surface area contributed by atoms with E-state index in [0.717, 1.165) is 36.4 Å². The Balaban J connectivity index is 1.25. The number of nitrogens with zero attached hydrogens (tertiary/aromatic N) is 1. The lowest BCUT2D eigenvalue weighted by molar-refractivity contribution is -0.978. The van der Waals surface area contributed by atoms with E-state index in [0.29, 0.717) is 37.4 Å². The zero-order chi connectivity index (χ0) is 22.3. The maximum absolute atomic E-state index is 13.2. The van der Waals surface area contributed by atoms with E-state index in [1.807, 2.05) is 18.2 Å². The van der Waals surface area contributed by atoms with E-state index in [4.69, 9.17) is 15.2 Å². The van der Waals surface area contributed by atoms with Gasteiger partial charge in [-0.15, -0.1) is 0 Å². The van der Waals surface area contributed by atoms with Crippen molar-refractivity contribution in [1.29, 1.82) is 0 Å². The molecular weight excluding hydrogens is 412 g/mol. The number of hydrogen-bond donors (Lipinski definition) is 3. The van der Waals surface area contributed by atoms with Crippen LogP contribution in [0, 0.1) is 0 Å². The molecule has 0 radical (unpaired) electrons. The van der Waals surface area contributed by atoms with Gasteiger partial charge in [0.2, 0.25) is 12.7 Å². The van der Waals surface area contributed by atoms with Gasteiger partial charge in [-0.1, -0.05) is 6.07 Å². The number of carbonyl (C=O) groups excluding carboxylic acids is 3. The first kappa shape index (κ1) is 21.2. The van der Waals surface area contributed by atoms with Crippen molar-refractivity contribution in [2.24, 2.45) is 5.73 Å². The highest BCUT2D eigenvalue weighted by atomic mass is 16.7. The molecule has 0 bridgehead atoms. The molecule has 9 nitrogen and oxygen atoms in total. The number of ether oxygens (including phenoxy) is 2. The Labute approximate surface area is 187 Å². The number of nitrogens with two attached hydrogens (primary N) is 1. The number of piperidine rings is 2. The molecule has 1 unspecified atom stereocenters. The van der Waals surface area contributed by atoms with Crippen molar-refractivity contribution in [2.75, 3.05) is 33.0 Å². The molecule has 1 aromatic rings. The van der Waals surface area contributed by atoms with Crippen LogP contribution in [-0.2, 0) is 20.9 Å². The van der Waals surface area contributed by atoms with E-state index in [1.165, 1.54) is 16.2 Å². The second-order valence-corrected chi connectivity index (χ2v) is 9.53. The molecule has 0 spiro atoms. The summed E-state index contributed by atoms with van der Waals surface area (Å²) in [4.78, 5) is 42.2. The van der Waals surface area contributed by atoms with E-state index in [-0.39, 0.29) is 43.5 Å². The summed E-state index contributed by atoms with van der Waals surface area (Å²) in [6.07, 6.45) is 5.05. The number of benzene rings is 1. The average molecular weight is 445 g/mol. The van der Waals surface area contributed by atoms with Crippen molar-refractivity contribution in [3.63, 3.8) is 0 Å². The van der Waals surface area contributed by atoms with Crippen molar-refractivity contribution in [3.8, 4) is 11.5 Å². The largest absolute Gasteiger partial charge is 0.454 e. The lowest BCUT2D eigenvalue weighted by atomic mass is 9.83. The number of primary amides is 1. The zero-order valence-electron chi connectivity index (χ0n) is 18.4. The van der Waals surface area contributed by atoms with Gasteiger partial charge in [-0.25, -0.2) is 0 Å². The fraction of sp³-hybridized carbons (Fsp3) is 0.609. The third-order valence-corrected chi connectivity index (χ3v) is 7.87. The summed E-state index contributed by atoms with van der Waals surface area (Å²) in [7, 11) is 0. The SMILES string of the molecule is NC(=O)C1([NH+]2CCCCC2)CC[NH+](C2CC(=O)N(Cc3ccc4c(c3)OCO4)C2=O)CC1. The van der Waals surface area contributed by atoms with Crippen LogP contribution >= 0.6 is 0 Å². The first-order valence-electron chi connectivity index (χ1n) is 11.7. The number of imide groups is 1. The first-order valence-corrected chi connectivity index (χ1v) is 11.7. The molecule has 4 heterocycles. The van der Waals surface area contributed by atoms with Crippen molar-refractivity contribution in [1.82, 2.24) is 4.90 Å². The Morgan fingerprint density at radius 1 is 1.06 bits per heavy atom. The van der Waals surface area contributed by atoms with Crippen LogP contribution in [0.25, 0.3) is 0 Å². The summed E-state index contributed by atoms with van der Waals surface area (Å²) in [6.45, 7) is 3.78. The van der Waals surface area contributed by atoms with Crippen molar-refractivity contribution in [2.45, 2.75) is 56.7 Å². The molecule has 172 valence electrons. The molecule has 3 saturated heterocycles. The Bertz CT molecular complexity index is 921. The Kier molecular flexibility index (Phi) is 5.54. The predicted octanol–water partition coefficient (Wildman–Crippen LogP) is -1.99. The summed E-state index contributed by atoms with van der Waals surface area (Å²) in [6, 6.07) is 5.12. The number of hydrogen-bond acceptors (Lipinski definition) is 5. The molecule has 0 aliphatic carbocycles. The van der Waals surface area contributed by atoms with Gasteiger partial charge in [0.15, 0.2) is 23.1 Å². The molecule has 0 aromatic heterocycles. The van der Waals surface area contributed by atoms with Gasteiger partial charge < -0.3 is 25.0 Å². The van der Waals surface area contributed by atoms with Gasteiger partial charge in [-0.3, -0.25) is 19.3 Å². The number of carbonyl (C=O) groups is 3. The highest BCUT2D eigenvalue weighted by Crippen LogP contribution is 2.33. The summed E-state index contributed by atoms with van der Waals surface area (Å²) in [5, 5.41) is 0. The molecule has 1 atom stereocenters. The summed E-state index contributed by atoms with van der Waals surface area (Å²) in [5.74, 6) is 0.838. The van der Waals surface area contributed by atoms with Crippen molar-refractivity contribution in [3.05, 3.63) is 23.8 Å². The quantitative estimate of drug-likeness (QED) is 0.456. The minimum atomic E-state index is -0.526. The van der Waals surface area contributed by atoms with Crippen LogP contribution in [-0.4, -0.2) is 67.2 Å². The van der Waals surface area contributed by atoms with Crippen LogP contribution < -0.4 is 25.0 Å². The predicted molar refractivity (Wildman–Crippen MR) is 113 cm³/mol. The fourth-order valence-corrected chi connectivity index (χ4v) is 5.97. The highest BCUT2D eigenvalue weighted by Gasteiger charge is 2.54. The number of nitrogens with one attached hydrogen (secondary N) is 2. The van der Waals surface area contributed by atoms with Gasteiger partial charge in [0.05, 0.1) is 52.0 Å². The molecule has 1 aromatic carbocycles. The van der Waals surface area contributed by atoms with E-state index < -0.39 is 5.54 Å². The fourth-order valence-electron chi connectivity index (χ4n) is 5.97. The van der Waals surface area contributed by atoms with Gasteiger partial charge in [0, 0.05) is 0 Å². The van der Waals surface area contributed by atoms with Gasteiger partial charge in [-0.05, 0) is 37.0 Å².